The summed E-state index contributed by atoms with van der Waals surface area (Å²) in [4.78, 5) is 23.4. The molecule has 6 nitrogen and oxygen atoms in total. The van der Waals surface area contributed by atoms with Crippen molar-refractivity contribution in [1.82, 2.24) is 5.32 Å². The van der Waals surface area contributed by atoms with Crippen LogP contribution < -0.4 is 11.1 Å². The molecule has 1 amide bonds. The molecule has 3 unspecified atom stereocenters. The van der Waals surface area contributed by atoms with Gasteiger partial charge in [-0.2, -0.15) is 0 Å². The summed E-state index contributed by atoms with van der Waals surface area (Å²) in [6, 6.07) is -0.373. The van der Waals surface area contributed by atoms with Crippen LogP contribution in [-0.4, -0.2) is 41.3 Å². The van der Waals surface area contributed by atoms with Crippen LogP contribution in [0.25, 0.3) is 0 Å². The molecule has 0 radical (unpaired) electrons. The zero-order valence-corrected chi connectivity index (χ0v) is 13.4. The summed E-state index contributed by atoms with van der Waals surface area (Å²) in [5.74, 6) is -1.19. The van der Waals surface area contributed by atoms with E-state index in [2.05, 4.69) is 5.32 Å². The topological polar surface area (TPSA) is 102 Å². The van der Waals surface area contributed by atoms with Gasteiger partial charge < -0.3 is 20.9 Å². The Balaban J connectivity index is 2.71. The molecule has 0 aromatic rings. The number of hydrogen-bond donors (Lipinski definition) is 3. The predicted molar refractivity (Wildman–Crippen MR) is 79.8 cm³/mol. The molecule has 0 spiro atoms. The number of ether oxygens (including phenoxy) is 1. The SMILES string of the molecule is CCCC(CC(=O)O)NC(=O)C1(N)CC(OCC)C1(C)C. The highest BCUT2D eigenvalue weighted by Crippen LogP contribution is 2.49. The predicted octanol–water partition coefficient (Wildman–Crippen LogP) is 1.28. The molecule has 0 aromatic carbocycles. The maximum atomic E-state index is 12.5. The molecule has 21 heavy (non-hydrogen) atoms. The summed E-state index contributed by atoms with van der Waals surface area (Å²) < 4.78 is 5.60. The normalized spacial score (nSPS) is 28.5. The Bertz CT molecular complexity index is 397. The van der Waals surface area contributed by atoms with Crippen molar-refractivity contribution in [3.8, 4) is 0 Å². The molecule has 1 fully saturated rings. The quantitative estimate of drug-likeness (QED) is 0.627. The maximum Gasteiger partial charge on any atom is 0.305 e. The lowest BCUT2D eigenvalue weighted by Gasteiger charge is -2.57. The van der Waals surface area contributed by atoms with Gasteiger partial charge in [0.25, 0.3) is 0 Å². The number of carbonyl (C=O) groups excluding carboxylic acids is 1. The van der Waals surface area contributed by atoms with E-state index in [4.69, 9.17) is 15.6 Å². The van der Waals surface area contributed by atoms with Crippen LogP contribution in [0, 0.1) is 5.41 Å². The third-order valence-corrected chi connectivity index (χ3v) is 4.63. The lowest BCUT2D eigenvalue weighted by molar-refractivity contribution is -0.171. The first-order valence-corrected chi connectivity index (χ1v) is 7.62. The van der Waals surface area contributed by atoms with Gasteiger partial charge in [0.1, 0.15) is 5.54 Å². The van der Waals surface area contributed by atoms with Crippen LogP contribution in [0.4, 0.5) is 0 Å². The first kappa shape index (κ1) is 17.9. The van der Waals surface area contributed by atoms with E-state index >= 15 is 0 Å². The number of rotatable bonds is 8. The van der Waals surface area contributed by atoms with Crippen LogP contribution in [0.3, 0.4) is 0 Å². The van der Waals surface area contributed by atoms with Crippen molar-refractivity contribution in [2.75, 3.05) is 6.61 Å². The molecule has 0 aromatic heterocycles. The highest BCUT2D eigenvalue weighted by atomic mass is 16.5. The lowest BCUT2D eigenvalue weighted by atomic mass is 9.54. The third kappa shape index (κ3) is 3.55. The summed E-state index contributed by atoms with van der Waals surface area (Å²) in [7, 11) is 0. The van der Waals surface area contributed by atoms with Crippen LogP contribution in [0.5, 0.6) is 0 Å². The van der Waals surface area contributed by atoms with Crippen molar-refractivity contribution in [1.29, 1.82) is 0 Å². The second-order valence-corrected chi connectivity index (χ2v) is 6.40. The first-order chi connectivity index (χ1) is 9.68. The molecule has 1 aliphatic carbocycles. The average Bonchev–Trinajstić information content (AvgIpc) is 2.37. The van der Waals surface area contributed by atoms with Crippen LogP contribution in [0.1, 0.15) is 53.4 Å². The highest BCUT2D eigenvalue weighted by Gasteiger charge is 2.62. The first-order valence-electron chi connectivity index (χ1n) is 7.62. The Morgan fingerprint density at radius 1 is 1.43 bits per heavy atom. The molecule has 0 heterocycles. The third-order valence-electron chi connectivity index (χ3n) is 4.63. The Morgan fingerprint density at radius 3 is 2.48 bits per heavy atom. The molecule has 122 valence electrons. The molecule has 0 bridgehead atoms. The summed E-state index contributed by atoms with van der Waals surface area (Å²) in [6.07, 6.45) is 1.78. The minimum absolute atomic E-state index is 0.0395. The fourth-order valence-electron chi connectivity index (χ4n) is 2.92. The van der Waals surface area contributed by atoms with Crippen LogP contribution in [-0.2, 0) is 14.3 Å². The minimum atomic E-state index is -1.00. The molecule has 1 saturated carbocycles. The van der Waals surface area contributed by atoms with Gasteiger partial charge in [0.05, 0.1) is 12.5 Å². The van der Waals surface area contributed by atoms with E-state index in [-0.39, 0.29) is 24.5 Å². The molecule has 1 rings (SSSR count). The summed E-state index contributed by atoms with van der Waals surface area (Å²) >= 11 is 0. The fraction of sp³-hybridized carbons (Fsp3) is 0.867. The lowest BCUT2D eigenvalue weighted by Crippen LogP contribution is -2.76. The van der Waals surface area contributed by atoms with Gasteiger partial charge in [-0.25, -0.2) is 0 Å². The molecule has 0 saturated heterocycles. The number of aliphatic carboxylic acids is 1. The smallest absolute Gasteiger partial charge is 0.305 e. The fourth-order valence-corrected chi connectivity index (χ4v) is 2.92. The van der Waals surface area contributed by atoms with E-state index in [9.17, 15) is 9.59 Å². The van der Waals surface area contributed by atoms with Crippen LogP contribution in [0.2, 0.25) is 0 Å². The molecule has 3 atom stereocenters. The number of carboxylic acid groups (broad SMARTS) is 1. The average molecular weight is 300 g/mol. The summed E-state index contributed by atoms with van der Waals surface area (Å²) in [5, 5.41) is 11.7. The van der Waals surface area contributed by atoms with E-state index in [0.717, 1.165) is 6.42 Å². The van der Waals surface area contributed by atoms with Gasteiger partial charge in [0.2, 0.25) is 5.91 Å². The molecule has 0 aliphatic heterocycles. The van der Waals surface area contributed by atoms with Gasteiger partial charge in [-0.15, -0.1) is 0 Å². The van der Waals surface area contributed by atoms with Crippen molar-refractivity contribution in [2.45, 2.75) is 71.1 Å². The number of nitrogens with one attached hydrogen (secondary N) is 1. The second kappa shape index (κ2) is 6.75. The molecule has 1 aliphatic rings. The molecule has 4 N–H and O–H groups in total. The van der Waals surface area contributed by atoms with Gasteiger partial charge in [-0.3, -0.25) is 9.59 Å². The number of hydrogen-bond acceptors (Lipinski definition) is 4. The Hall–Kier alpha value is -1.14. The number of nitrogens with two attached hydrogens (primary N) is 1. The van der Waals surface area contributed by atoms with E-state index < -0.39 is 16.9 Å². The molecule has 6 heteroatoms. The van der Waals surface area contributed by atoms with E-state index in [1.54, 1.807) is 0 Å². The molecular weight excluding hydrogens is 272 g/mol. The van der Waals surface area contributed by atoms with E-state index in [1.165, 1.54) is 0 Å². The Labute approximate surface area is 126 Å². The Kier molecular flexibility index (Phi) is 5.75. The Morgan fingerprint density at radius 2 is 2.05 bits per heavy atom. The number of amides is 1. The van der Waals surface area contributed by atoms with Gasteiger partial charge in [-0.05, 0) is 13.3 Å². The maximum absolute atomic E-state index is 12.5. The van der Waals surface area contributed by atoms with Crippen LogP contribution >= 0.6 is 0 Å². The zero-order valence-electron chi connectivity index (χ0n) is 13.4. The van der Waals surface area contributed by atoms with Crippen LogP contribution in [0.15, 0.2) is 0 Å². The molecular formula is C15H28N2O4. The highest BCUT2D eigenvalue weighted by molar-refractivity contribution is 5.89. The number of carbonyl (C=O) groups is 2. The monoisotopic (exact) mass is 300 g/mol. The van der Waals surface area contributed by atoms with Gasteiger partial charge >= 0.3 is 5.97 Å². The van der Waals surface area contributed by atoms with Crippen molar-refractivity contribution >= 4 is 11.9 Å². The van der Waals surface area contributed by atoms with E-state index in [1.807, 2.05) is 27.7 Å². The minimum Gasteiger partial charge on any atom is -0.481 e. The van der Waals surface area contributed by atoms with Gasteiger partial charge in [-0.1, -0.05) is 27.2 Å². The summed E-state index contributed by atoms with van der Waals surface area (Å²) in [5.41, 5.74) is 4.81. The second-order valence-electron chi connectivity index (χ2n) is 6.40. The van der Waals surface area contributed by atoms with Crippen molar-refractivity contribution in [3.05, 3.63) is 0 Å². The summed E-state index contributed by atoms with van der Waals surface area (Å²) in [6.45, 7) is 8.29. The van der Waals surface area contributed by atoms with Crippen molar-refractivity contribution < 1.29 is 19.4 Å². The zero-order chi connectivity index (χ0) is 16.3. The number of carboxylic acids is 1. The van der Waals surface area contributed by atoms with Gasteiger partial charge in [0, 0.05) is 24.5 Å². The standard InChI is InChI=1S/C15H28N2O4/c1-5-7-10(8-12(18)19)17-13(20)15(16)9-11(21-6-2)14(15,3)4/h10-11H,5-9,16H2,1-4H3,(H,17,20)(H,18,19). The van der Waals surface area contributed by atoms with Gasteiger partial charge in [0.15, 0.2) is 0 Å². The van der Waals surface area contributed by atoms with Crippen molar-refractivity contribution in [2.24, 2.45) is 11.1 Å². The largest absolute Gasteiger partial charge is 0.481 e. The van der Waals surface area contributed by atoms with Crippen molar-refractivity contribution in [3.63, 3.8) is 0 Å². The van der Waals surface area contributed by atoms with E-state index in [0.29, 0.717) is 19.4 Å².